The Morgan fingerprint density at radius 3 is 2.53 bits per heavy atom. The van der Waals surface area contributed by atoms with E-state index in [1.807, 2.05) is 12.1 Å². The smallest absolute Gasteiger partial charge is 0.251 e. The SMILES string of the molecule is COc1cc2c(NCN)nc(N3CCC(F)(F)CC3)nc2cc1OCCCN1CCCC1. The number of likely N-dealkylation sites (tertiary alicyclic amines) is 1. The number of alkyl halides is 2. The van der Waals surface area contributed by atoms with Crippen LogP contribution in [0.2, 0.25) is 0 Å². The van der Waals surface area contributed by atoms with Crippen molar-refractivity contribution in [2.45, 2.75) is 38.0 Å². The Morgan fingerprint density at radius 1 is 1.09 bits per heavy atom. The van der Waals surface area contributed by atoms with Crippen molar-refractivity contribution >= 4 is 22.7 Å². The molecule has 2 aliphatic heterocycles. The molecule has 0 atom stereocenters. The maximum atomic E-state index is 13.6. The Balaban J connectivity index is 1.56. The first-order valence-corrected chi connectivity index (χ1v) is 11.3. The molecule has 2 aliphatic rings. The van der Waals surface area contributed by atoms with E-state index in [4.69, 9.17) is 15.2 Å². The molecule has 2 aromatic rings. The summed E-state index contributed by atoms with van der Waals surface area (Å²) in [6, 6.07) is 3.66. The van der Waals surface area contributed by atoms with Crippen LogP contribution in [0.5, 0.6) is 11.5 Å². The van der Waals surface area contributed by atoms with Crippen molar-refractivity contribution < 1.29 is 18.3 Å². The van der Waals surface area contributed by atoms with Crippen molar-refractivity contribution in [1.82, 2.24) is 14.9 Å². The molecule has 4 rings (SSSR count). The van der Waals surface area contributed by atoms with Gasteiger partial charge in [-0.1, -0.05) is 0 Å². The molecule has 3 heterocycles. The van der Waals surface area contributed by atoms with Gasteiger partial charge < -0.3 is 30.3 Å². The quantitative estimate of drug-likeness (QED) is 0.445. The Labute approximate surface area is 187 Å². The van der Waals surface area contributed by atoms with Crippen LogP contribution in [0.25, 0.3) is 10.9 Å². The summed E-state index contributed by atoms with van der Waals surface area (Å²) in [5, 5.41) is 3.79. The van der Waals surface area contributed by atoms with Gasteiger partial charge in [0, 0.05) is 43.9 Å². The number of rotatable bonds is 9. The fourth-order valence-electron chi connectivity index (χ4n) is 4.28. The number of hydrogen-bond acceptors (Lipinski definition) is 8. The molecule has 0 unspecified atom stereocenters. The first kappa shape index (κ1) is 22.7. The number of piperidine rings is 1. The van der Waals surface area contributed by atoms with Gasteiger partial charge in [-0.25, -0.2) is 13.8 Å². The lowest BCUT2D eigenvalue weighted by atomic mass is 10.1. The van der Waals surface area contributed by atoms with Crippen molar-refractivity contribution in [3.05, 3.63) is 12.1 Å². The number of methoxy groups -OCH3 is 1. The molecular weight excluding hydrogens is 418 g/mol. The summed E-state index contributed by atoms with van der Waals surface area (Å²) in [5.41, 5.74) is 6.36. The van der Waals surface area contributed by atoms with Crippen LogP contribution in [0.4, 0.5) is 20.5 Å². The molecule has 10 heteroatoms. The highest BCUT2D eigenvalue weighted by atomic mass is 19.3. The van der Waals surface area contributed by atoms with Gasteiger partial charge in [-0.3, -0.25) is 0 Å². The summed E-state index contributed by atoms with van der Waals surface area (Å²) >= 11 is 0. The van der Waals surface area contributed by atoms with Gasteiger partial charge in [0.15, 0.2) is 11.5 Å². The molecule has 0 radical (unpaired) electrons. The molecule has 8 nitrogen and oxygen atoms in total. The number of nitrogens with one attached hydrogen (secondary N) is 1. The highest BCUT2D eigenvalue weighted by molar-refractivity contribution is 5.92. The zero-order chi connectivity index (χ0) is 22.6. The van der Waals surface area contributed by atoms with Gasteiger partial charge >= 0.3 is 0 Å². The van der Waals surface area contributed by atoms with Gasteiger partial charge in [0.1, 0.15) is 5.82 Å². The van der Waals surface area contributed by atoms with Crippen LogP contribution in [-0.4, -0.2) is 73.9 Å². The number of nitrogens with two attached hydrogens (primary N) is 1. The number of hydrogen-bond donors (Lipinski definition) is 2. The third kappa shape index (κ3) is 5.29. The summed E-state index contributed by atoms with van der Waals surface area (Å²) in [4.78, 5) is 13.5. The molecule has 0 bridgehead atoms. The maximum Gasteiger partial charge on any atom is 0.251 e. The van der Waals surface area contributed by atoms with Crippen molar-refractivity contribution in [1.29, 1.82) is 0 Å². The fraction of sp³-hybridized carbons (Fsp3) is 0.636. The van der Waals surface area contributed by atoms with E-state index in [1.165, 1.54) is 25.9 Å². The summed E-state index contributed by atoms with van der Waals surface area (Å²) < 4.78 is 38.8. The van der Waals surface area contributed by atoms with E-state index in [-0.39, 0.29) is 32.6 Å². The fourth-order valence-corrected chi connectivity index (χ4v) is 4.28. The topological polar surface area (TPSA) is 88.8 Å². The van der Waals surface area contributed by atoms with Crippen LogP contribution in [0.1, 0.15) is 32.1 Å². The minimum absolute atomic E-state index is 0.181. The third-order valence-corrected chi connectivity index (χ3v) is 6.09. The second-order valence-electron chi connectivity index (χ2n) is 8.37. The maximum absolute atomic E-state index is 13.6. The first-order chi connectivity index (χ1) is 15.5. The average molecular weight is 451 g/mol. The molecule has 1 aromatic heterocycles. The zero-order valence-electron chi connectivity index (χ0n) is 18.6. The molecule has 3 N–H and O–H groups in total. The van der Waals surface area contributed by atoms with Crippen LogP contribution in [0, 0.1) is 0 Å². The van der Waals surface area contributed by atoms with Crippen LogP contribution in [0.15, 0.2) is 12.1 Å². The Kier molecular flexibility index (Phi) is 7.10. The van der Waals surface area contributed by atoms with Crippen LogP contribution >= 0.6 is 0 Å². The molecule has 0 amide bonds. The molecule has 32 heavy (non-hydrogen) atoms. The van der Waals surface area contributed by atoms with Gasteiger partial charge in [-0.2, -0.15) is 4.98 Å². The molecule has 0 saturated carbocycles. The van der Waals surface area contributed by atoms with Gasteiger partial charge in [0.05, 0.1) is 25.9 Å². The number of halogens is 2. The van der Waals surface area contributed by atoms with Crippen LogP contribution in [0.3, 0.4) is 0 Å². The highest BCUT2D eigenvalue weighted by Crippen LogP contribution is 2.36. The zero-order valence-corrected chi connectivity index (χ0v) is 18.6. The Bertz CT molecular complexity index is 913. The first-order valence-electron chi connectivity index (χ1n) is 11.3. The van der Waals surface area contributed by atoms with E-state index >= 15 is 0 Å². The molecule has 0 aliphatic carbocycles. The number of fused-ring (bicyclic) bond motifs is 1. The minimum atomic E-state index is -2.63. The van der Waals surface area contributed by atoms with Crippen molar-refractivity contribution in [2.24, 2.45) is 5.73 Å². The lowest BCUT2D eigenvalue weighted by Gasteiger charge is -2.32. The van der Waals surface area contributed by atoms with Crippen molar-refractivity contribution in [3.8, 4) is 11.5 Å². The molecule has 2 saturated heterocycles. The summed E-state index contributed by atoms with van der Waals surface area (Å²) in [5.74, 6) is -0.477. The third-order valence-electron chi connectivity index (χ3n) is 6.09. The minimum Gasteiger partial charge on any atom is -0.493 e. The normalized spacial score (nSPS) is 18.8. The van der Waals surface area contributed by atoms with E-state index in [9.17, 15) is 8.78 Å². The highest BCUT2D eigenvalue weighted by Gasteiger charge is 2.35. The molecule has 176 valence electrons. The van der Waals surface area contributed by atoms with E-state index < -0.39 is 5.92 Å². The van der Waals surface area contributed by atoms with E-state index in [0.29, 0.717) is 35.4 Å². The summed E-state index contributed by atoms with van der Waals surface area (Å²) in [7, 11) is 1.59. The van der Waals surface area contributed by atoms with Crippen LogP contribution in [-0.2, 0) is 0 Å². The number of nitrogens with zero attached hydrogens (tertiary/aromatic N) is 4. The lowest BCUT2D eigenvalue weighted by molar-refractivity contribution is -0.0222. The number of ether oxygens (including phenoxy) is 2. The second-order valence-corrected chi connectivity index (χ2v) is 8.37. The van der Waals surface area contributed by atoms with Gasteiger partial charge in [0.2, 0.25) is 5.95 Å². The number of anilines is 2. The second kappa shape index (κ2) is 9.99. The van der Waals surface area contributed by atoms with E-state index in [2.05, 4.69) is 20.2 Å². The Morgan fingerprint density at radius 2 is 1.84 bits per heavy atom. The predicted molar refractivity (Wildman–Crippen MR) is 121 cm³/mol. The molecule has 2 fully saturated rings. The standard InChI is InChI=1S/C22H32F2N6O2/c1-31-18-13-16-17(14-19(18)32-12-4-9-29-7-2-3-8-29)27-21(28-20(16)26-15-25)30-10-5-22(23,24)6-11-30/h13-14H,2-12,15,25H2,1H3,(H,26,27,28). The molecule has 0 spiro atoms. The summed E-state index contributed by atoms with van der Waals surface area (Å²) in [6.45, 7) is 4.52. The molecule has 1 aromatic carbocycles. The van der Waals surface area contributed by atoms with E-state index in [0.717, 1.165) is 18.4 Å². The largest absolute Gasteiger partial charge is 0.493 e. The van der Waals surface area contributed by atoms with E-state index in [1.54, 1.807) is 12.0 Å². The number of aromatic nitrogens is 2. The summed E-state index contributed by atoms with van der Waals surface area (Å²) in [6.07, 6.45) is 3.06. The average Bonchev–Trinajstić information content (AvgIpc) is 3.30. The number of benzene rings is 1. The van der Waals surface area contributed by atoms with Crippen molar-refractivity contribution in [3.63, 3.8) is 0 Å². The van der Waals surface area contributed by atoms with Gasteiger partial charge in [-0.05, 0) is 38.4 Å². The van der Waals surface area contributed by atoms with Gasteiger partial charge in [0.25, 0.3) is 5.92 Å². The van der Waals surface area contributed by atoms with Crippen LogP contribution < -0.4 is 25.4 Å². The van der Waals surface area contributed by atoms with Crippen molar-refractivity contribution in [2.75, 3.05) is 63.3 Å². The predicted octanol–water partition coefficient (Wildman–Crippen LogP) is 3.07. The Hall–Kier alpha value is -2.46. The molecular formula is C22H32F2N6O2. The monoisotopic (exact) mass is 450 g/mol. The lowest BCUT2D eigenvalue weighted by Crippen LogP contribution is -2.40. The van der Waals surface area contributed by atoms with Gasteiger partial charge in [-0.15, -0.1) is 0 Å².